The number of rotatable bonds is 6. The van der Waals surface area contributed by atoms with Gasteiger partial charge in [-0.3, -0.25) is 9.59 Å². The highest BCUT2D eigenvalue weighted by atomic mass is 32.1. The molecule has 1 N–H and O–H groups in total. The second-order valence-electron chi connectivity index (χ2n) is 5.23. The first kappa shape index (κ1) is 16.2. The summed E-state index contributed by atoms with van der Waals surface area (Å²) in [5.41, 5.74) is 1.11. The lowest BCUT2D eigenvalue weighted by Gasteiger charge is -2.12. The third-order valence-electron chi connectivity index (χ3n) is 3.46. The summed E-state index contributed by atoms with van der Waals surface area (Å²) in [6, 6.07) is 11.1. The van der Waals surface area contributed by atoms with E-state index in [4.69, 9.17) is 9.26 Å². The van der Waals surface area contributed by atoms with Gasteiger partial charge in [0.2, 0.25) is 0 Å². The summed E-state index contributed by atoms with van der Waals surface area (Å²) in [6.07, 6.45) is -0.907. The zero-order valence-electron chi connectivity index (χ0n) is 13.0. The second-order valence-corrected chi connectivity index (χ2v) is 6.26. The maximum atomic E-state index is 12.0. The Labute approximate surface area is 142 Å². The quantitative estimate of drug-likeness (QED) is 0.695. The Morgan fingerprint density at radius 3 is 2.92 bits per heavy atom. The van der Waals surface area contributed by atoms with Crippen molar-refractivity contribution in [1.29, 1.82) is 0 Å². The van der Waals surface area contributed by atoms with Gasteiger partial charge < -0.3 is 14.6 Å². The van der Waals surface area contributed by atoms with Crippen molar-refractivity contribution < 1.29 is 18.8 Å². The van der Waals surface area contributed by atoms with E-state index in [1.165, 1.54) is 0 Å². The molecule has 3 rings (SSSR count). The molecule has 0 saturated heterocycles. The number of amides is 1. The number of hydrogen-bond donors (Lipinski definition) is 1. The summed E-state index contributed by atoms with van der Waals surface area (Å²) in [6.45, 7) is 1.97. The summed E-state index contributed by atoms with van der Waals surface area (Å²) < 4.78 is 10.3. The number of hydrogen-bond acceptors (Lipinski definition) is 6. The lowest BCUT2D eigenvalue weighted by atomic mass is 10.2. The van der Waals surface area contributed by atoms with Crippen LogP contribution in [0.4, 0.5) is 0 Å². The number of carbonyl (C=O) groups is 2. The van der Waals surface area contributed by atoms with E-state index in [9.17, 15) is 9.59 Å². The normalized spacial score (nSPS) is 12.0. The number of benzene rings is 1. The minimum atomic E-state index is -0.865. The molecule has 1 aromatic carbocycles. The van der Waals surface area contributed by atoms with Gasteiger partial charge in [-0.1, -0.05) is 23.4 Å². The summed E-state index contributed by atoms with van der Waals surface area (Å²) in [5, 5.41) is 9.33. The van der Waals surface area contributed by atoms with Crippen LogP contribution < -0.4 is 5.32 Å². The van der Waals surface area contributed by atoms with Crippen molar-refractivity contribution in [3.8, 4) is 0 Å². The van der Waals surface area contributed by atoms with Gasteiger partial charge in [0.25, 0.3) is 5.91 Å². The van der Waals surface area contributed by atoms with Gasteiger partial charge in [-0.2, -0.15) is 0 Å². The summed E-state index contributed by atoms with van der Waals surface area (Å²) in [5.74, 6) is -0.852. The van der Waals surface area contributed by atoms with Gasteiger partial charge in [0.05, 0.1) is 13.0 Å². The minimum absolute atomic E-state index is 0.0421. The molecule has 1 atom stereocenters. The third kappa shape index (κ3) is 3.80. The lowest BCUT2D eigenvalue weighted by molar-refractivity contribution is -0.154. The zero-order valence-corrected chi connectivity index (χ0v) is 13.8. The van der Waals surface area contributed by atoms with E-state index in [-0.39, 0.29) is 12.3 Å². The number of esters is 1. The topological polar surface area (TPSA) is 81.4 Å². The molecule has 0 aliphatic heterocycles. The van der Waals surface area contributed by atoms with Gasteiger partial charge >= 0.3 is 5.97 Å². The van der Waals surface area contributed by atoms with Crippen molar-refractivity contribution in [2.24, 2.45) is 0 Å². The number of carbonyl (C=O) groups excluding carboxylic acids is 2. The number of thiophene rings is 1. The Morgan fingerprint density at radius 2 is 2.12 bits per heavy atom. The number of nitrogens with zero attached hydrogens (tertiary/aromatic N) is 1. The fourth-order valence-electron chi connectivity index (χ4n) is 2.23. The van der Waals surface area contributed by atoms with Crippen molar-refractivity contribution in [2.45, 2.75) is 26.0 Å². The van der Waals surface area contributed by atoms with Crippen LogP contribution in [0.5, 0.6) is 0 Å². The number of para-hydroxylation sites is 1. The van der Waals surface area contributed by atoms with Gasteiger partial charge in [-0.15, -0.1) is 11.3 Å². The minimum Gasteiger partial charge on any atom is -0.452 e. The molecule has 0 saturated carbocycles. The van der Waals surface area contributed by atoms with Crippen LogP contribution in [0, 0.1) is 0 Å². The fraction of sp³-hybridized carbons (Fsp3) is 0.235. The van der Waals surface area contributed by atoms with E-state index in [2.05, 4.69) is 10.5 Å². The first-order chi connectivity index (χ1) is 11.6. The van der Waals surface area contributed by atoms with Crippen LogP contribution >= 0.6 is 11.3 Å². The molecule has 3 aromatic rings. The van der Waals surface area contributed by atoms with E-state index in [1.807, 2.05) is 35.7 Å². The van der Waals surface area contributed by atoms with E-state index < -0.39 is 12.1 Å². The molecule has 6 nitrogen and oxygen atoms in total. The number of aromatic nitrogens is 1. The number of fused-ring (bicyclic) bond motifs is 1. The Morgan fingerprint density at radius 1 is 1.29 bits per heavy atom. The first-order valence-corrected chi connectivity index (χ1v) is 8.34. The average Bonchev–Trinajstić information content (AvgIpc) is 3.23. The molecule has 0 spiro atoms. The van der Waals surface area contributed by atoms with Crippen LogP contribution in [0.2, 0.25) is 0 Å². The predicted molar refractivity (Wildman–Crippen MR) is 89.4 cm³/mol. The van der Waals surface area contributed by atoms with Crippen LogP contribution in [0.3, 0.4) is 0 Å². The molecule has 2 heterocycles. The van der Waals surface area contributed by atoms with Crippen LogP contribution in [0.25, 0.3) is 11.0 Å². The number of nitrogens with one attached hydrogen (secondary N) is 1. The standard InChI is InChI=1S/C17H16N2O4S/c1-11(17(21)18-10-12-5-4-8-24-12)22-16(20)9-14-13-6-2-3-7-15(13)23-19-14/h2-8,11H,9-10H2,1H3,(H,18,21)/t11-/m1/s1. The maximum absolute atomic E-state index is 12.0. The summed E-state index contributed by atoms with van der Waals surface area (Å²) in [4.78, 5) is 25.0. The molecule has 0 aliphatic carbocycles. The lowest BCUT2D eigenvalue weighted by Crippen LogP contribution is -2.35. The third-order valence-corrected chi connectivity index (χ3v) is 4.33. The van der Waals surface area contributed by atoms with Gasteiger partial charge in [0, 0.05) is 10.3 Å². The zero-order chi connectivity index (χ0) is 16.9. The largest absolute Gasteiger partial charge is 0.452 e. The SMILES string of the molecule is C[C@@H](OC(=O)Cc1noc2ccccc12)C(=O)NCc1cccs1. The average molecular weight is 344 g/mol. The van der Waals surface area contributed by atoms with Crippen molar-refractivity contribution in [1.82, 2.24) is 10.5 Å². The van der Waals surface area contributed by atoms with Gasteiger partial charge in [0.15, 0.2) is 11.7 Å². The van der Waals surface area contributed by atoms with Crippen LogP contribution in [-0.2, 0) is 27.3 Å². The molecule has 0 aliphatic rings. The van der Waals surface area contributed by atoms with Crippen molar-refractivity contribution in [2.75, 3.05) is 0 Å². The highest BCUT2D eigenvalue weighted by Gasteiger charge is 2.20. The van der Waals surface area contributed by atoms with Gasteiger partial charge in [0.1, 0.15) is 5.69 Å². The van der Waals surface area contributed by atoms with Gasteiger partial charge in [-0.25, -0.2) is 0 Å². The highest BCUT2D eigenvalue weighted by Crippen LogP contribution is 2.18. The van der Waals surface area contributed by atoms with Crippen LogP contribution in [0.15, 0.2) is 46.3 Å². The Hall–Kier alpha value is -2.67. The predicted octanol–water partition coefficient (Wildman–Crippen LogP) is 2.68. The van der Waals surface area contributed by atoms with Crippen molar-refractivity contribution in [3.63, 3.8) is 0 Å². The monoisotopic (exact) mass is 344 g/mol. The molecule has 0 unspecified atom stereocenters. The van der Waals surface area contributed by atoms with Crippen LogP contribution in [0.1, 0.15) is 17.5 Å². The molecule has 0 fully saturated rings. The van der Waals surface area contributed by atoms with E-state index in [0.29, 0.717) is 17.8 Å². The molecule has 0 radical (unpaired) electrons. The van der Waals surface area contributed by atoms with E-state index in [1.54, 1.807) is 24.3 Å². The van der Waals surface area contributed by atoms with E-state index >= 15 is 0 Å². The molecule has 124 valence electrons. The van der Waals surface area contributed by atoms with Crippen LogP contribution in [-0.4, -0.2) is 23.1 Å². The van der Waals surface area contributed by atoms with Crippen molar-refractivity contribution in [3.05, 3.63) is 52.3 Å². The Balaban J connectivity index is 1.53. The Kier molecular flexibility index (Phi) is 4.90. The smallest absolute Gasteiger partial charge is 0.312 e. The van der Waals surface area contributed by atoms with Gasteiger partial charge in [-0.05, 0) is 30.5 Å². The molecule has 2 aromatic heterocycles. The first-order valence-electron chi connectivity index (χ1n) is 7.46. The molecular weight excluding hydrogens is 328 g/mol. The van der Waals surface area contributed by atoms with Crippen molar-refractivity contribution >= 4 is 34.2 Å². The summed E-state index contributed by atoms with van der Waals surface area (Å²) >= 11 is 1.55. The summed E-state index contributed by atoms with van der Waals surface area (Å²) in [7, 11) is 0. The molecular formula is C17H16N2O4S. The second kappa shape index (κ2) is 7.27. The van der Waals surface area contributed by atoms with E-state index in [0.717, 1.165) is 10.3 Å². The fourth-order valence-corrected chi connectivity index (χ4v) is 2.87. The molecule has 0 bridgehead atoms. The molecule has 7 heteroatoms. The molecule has 1 amide bonds. The molecule has 24 heavy (non-hydrogen) atoms. The maximum Gasteiger partial charge on any atom is 0.312 e. The Bertz CT molecular complexity index is 841. The number of ether oxygens (including phenoxy) is 1. The highest BCUT2D eigenvalue weighted by molar-refractivity contribution is 7.09.